The maximum Gasteiger partial charge on any atom is 0.151 e. The minimum atomic E-state index is -2.87. The van der Waals surface area contributed by atoms with E-state index in [2.05, 4.69) is 5.32 Å². The van der Waals surface area contributed by atoms with Gasteiger partial charge < -0.3 is 10.1 Å². The summed E-state index contributed by atoms with van der Waals surface area (Å²) in [5.41, 5.74) is 0. The molecule has 1 saturated carbocycles. The summed E-state index contributed by atoms with van der Waals surface area (Å²) in [5, 5.41) is 3.34. The minimum Gasteiger partial charge on any atom is -0.378 e. The van der Waals surface area contributed by atoms with Crippen LogP contribution in [0.2, 0.25) is 0 Å². The van der Waals surface area contributed by atoms with Crippen molar-refractivity contribution >= 4 is 9.84 Å². The fraction of sp³-hybridized carbons (Fsp3) is 1.00. The van der Waals surface area contributed by atoms with Gasteiger partial charge in [0, 0.05) is 24.4 Å². The molecule has 0 amide bonds. The number of sulfone groups is 1. The van der Waals surface area contributed by atoms with Gasteiger partial charge in [0.25, 0.3) is 0 Å². The zero-order chi connectivity index (χ0) is 12.2. The van der Waals surface area contributed by atoms with E-state index in [0.29, 0.717) is 12.1 Å². The number of hydrogen-bond donors (Lipinski definition) is 1. The summed E-state index contributed by atoms with van der Waals surface area (Å²) < 4.78 is 28.3. The van der Waals surface area contributed by atoms with Gasteiger partial charge in [-0.25, -0.2) is 8.42 Å². The van der Waals surface area contributed by atoms with Crippen molar-refractivity contribution in [2.45, 2.75) is 51.8 Å². The topological polar surface area (TPSA) is 55.4 Å². The molecule has 5 heteroatoms. The molecule has 0 aliphatic heterocycles. The molecule has 0 radical (unpaired) electrons. The van der Waals surface area contributed by atoms with E-state index in [1.54, 1.807) is 6.92 Å². The Morgan fingerprint density at radius 1 is 1.38 bits per heavy atom. The van der Waals surface area contributed by atoms with Crippen molar-refractivity contribution in [1.82, 2.24) is 5.32 Å². The number of rotatable bonds is 7. The summed E-state index contributed by atoms with van der Waals surface area (Å²) in [4.78, 5) is 0. The van der Waals surface area contributed by atoms with Gasteiger partial charge in [-0.1, -0.05) is 6.92 Å². The first-order valence-corrected chi connectivity index (χ1v) is 7.87. The van der Waals surface area contributed by atoms with Crippen LogP contribution in [0.1, 0.15) is 33.6 Å². The van der Waals surface area contributed by atoms with Gasteiger partial charge in [-0.05, 0) is 26.7 Å². The zero-order valence-corrected chi connectivity index (χ0v) is 11.2. The molecular formula is C11H23NO3S. The molecule has 4 nitrogen and oxygen atoms in total. The van der Waals surface area contributed by atoms with E-state index in [1.165, 1.54) is 0 Å². The first-order valence-electron chi connectivity index (χ1n) is 6.05. The van der Waals surface area contributed by atoms with E-state index >= 15 is 0 Å². The Kier molecular flexibility index (Phi) is 5.21. The van der Waals surface area contributed by atoms with E-state index in [-0.39, 0.29) is 17.5 Å². The van der Waals surface area contributed by atoms with Crippen LogP contribution in [0.15, 0.2) is 0 Å². The summed E-state index contributed by atoms with van der Waals surface area (Å²) in [7, 11) is -2.87. The SMILES string of the molecule is CCOC1CC(NC(C)CS(=O)(=O)CC)C1. The van der Waals surface area contributed by atoms with Gasteiger partial charge in [0.2, 0.25) is 0 Å². The summed E-state index contributed by atoms with van der Waals surface area (Å²) in [6, 6.07) is 0.469. The molecule has 1 fully saturated rings. The van der Waals surface area contributed by atoms with E-state index in [9.17, 15) is 8.42 Å². The maximum atomic E-state index is 11.4. The molecule has 0 aromatic heterocycles. The zero-order valence-electron chi connectivity index (χ0n) is 10.4. The van der Waals surface area contributed by atoms with Crippen molar-refractivity contribution in [3.63, 3.8) is 0 Å². The van der Waals surface area contributed by atoms with Crippen molar-refractivity contribution in [3.8, 4) is 0 Å². The molecule has 16 heavy (non-hydrogen) atoms. The van der Waals surface area contributed by atoms with Crippen LogP contribution in [0.3, 0.4) is 0 Å². The molecule has 1 rings (SSSR count). The molecule has 0 saturated heterocycles. The third-order valence-electron chi connectivity index (χ3n) is 2.96. The largest absolute Gasteiger partial charge is 0.378 e. The van der Waals surface area contributed by atoms with Crippen LogP contribution >= 0.6 is 0 Å². The third kappa shape index (κ3) is 4.39. The van der Waals surface area contributed by atoms with Crippen molar-refractivity contribution in [1.29, 1.82) is 0 Å². The predicted molar refractivity (Wildman–Crippen MR) is 65.4 cm³/mol. The van der Waals surface area contributed by atoms with Crippen molar-refractivity contribution < 1.29 is 13.2 Å². The maximum absolute atomic E-state index is 11.4. The molecule has 0 aromatic carbocycles. The molecule has 1 aliphatic carbocycles. The molecule has 1 unspecified atom stereocenters. The first kappa shape index (κ1) is 13.9. The average molecular weight is 249 g/mol. The highest BCUT2D eigenvalue weighted by atomic mass is 32.2. The molecular weight excluding hydrogens is 226 g/mol. The van der Waals surface area contributed by atoms with E-state index in [1.807, 2.05) is 13.8 Å². The standard InChI is InChI=1S/C11H23NO3S/c1-4-15-11-6-10(7-11)12-9(3)8-16(13,14)5-2/h9-12H,4-8H2,1-3H3. The Labute approximate surface area is 98.7 Å². The summed E-state index contributed by atoms with van der Waals surface area (Å²) >= 11 is 0. The second-order valence-electron chi connectivity index (χ2n) is 4.51. The van der Waals surface area contributed by atoms with Crippen LogP contribution in [0.5, 0.6) is 0 Å². The average Bonchev–Trinajstić information content (AvgIpc) is 2.14. The lowest BCUT2D eigenvalue weighted by atomic mass is 9.89. The van der Waals surface area contributed by atoms with Crippen LogP contribution < -0.4 is 5.32 Å². The smallest absolute Gasteiger partial charge is 0.151 e. The van der Waals surface area contributed by atoms with E-state index < -0.39 is 9.84 Å². The molecule has 0 aromatic rings. The van der Waals surface area contributed by atoms with Crippen LogP contribution in [-0.4, -0.2) is 44.7 Å². The lowest BCUT2D eigenvalue weighted by molar-refractivity contribution is -0.0114. The number of ether oxygens (including phenoxy) is 1. The normalized spacial score (nSPS) is 27.4. The molecule has 1 aliphatic rings. The van der Waals surface area contributed by atoms with Gasteiger partial charge in [0.1, 0.15) is 0 Å². The Bertz CT molecular complexity index is 296. The van der Waals surface area contributed by atoms with Gasteiger partial charge in [-0.15, -0.1) is 0 Å². The second-order valence-corrected chi connectivity index (χ2v) is 6.91. The lowest BCUT2D eigenvalue weighted by Crippen LogP contribution is -2.50. The summed E-state index contributed by atoms with van der Waals surface area (Å²) in [6.45, 7) is 6.38. The molecule has 96 valence electrons. The molecule has 0 heterocycles. The Morgan fingerprint density at radius 3 is 2.50 bits per heavy atom. The highest BCUT2D eigenvalue weighted by molar-refractivity contribution is 7.91. The molecule has 1 atom stereocenters. The Hall–Kier alpha value is -0.130. The first-order chi connectivity index (χ1) is 7.46. The van der Waals surface area contributed by atoms with Gasteiger partial charge in [-0.2, -0.15) is 0 Å². The predicted octanol–water partition coefficient (Wildman–Crippen LogP) is 0.967. The summed E-state index contributed by atoms with van der Waals surface area (Å²) in [5.74, 6) is 0.463. The highest BCUT2D eigenvalue weighted by Crippen LogP contribution is 2.23. The van der Waals surface area contributed by atoms with Gasteiger partial charge >= 0.3 is 0 Å². The van der Waals surface area contributed by atoms with Crippen molar-refractivity contribution in [2.24, 2.45) is 0 Å². The van der Waals surface area contributed by atoms with Gasteiger partial charge in [0.05, 0.1) is 11.9 Å². The Morgan fingerprint density at radius 2 is 2.00 bits per heavy atom. The van der Waals surface area contributed by atoms with Crippen LogP contribution in [-0.2, 0) is 14.6 Å². The highest BCUT2D eigenvalue weighted by Gasteiger charge is 2.30. The second kappa shape index (κ2) is 5.98. The monoisotopic (exact) mass is 249 g/mol. The molecule has 0 bridgehead atoms. The lowest BCUT2D eigenvalue weighted by Gasteiger charge is -2.37. The number of nitrogens with one attached hydrogen (secondary N) is 1. The fourth-order valence-electron chi connectivity index (χ4n) is 2.02. The molecule has 0 spiro atoms. The van der Waals surface area contributed by atoms with Gasteiger partial charge in [-0.3, -0.25) is 0 Å². The quantitative estimate of drug-likeness (QED) is 0.730. The van der Waals surface area contributed by atoms with Crippen LogP contribution in [0.4, 0.5) is 0 Å². The van der Waals surface area contributed by atoms with Crippen LogP contribution in [0, 0.1) is 0 Å². The minimum absolute atomic E-state index is 0.0394. The molecule has 1 N–H and O–H groups in total. The third-order valence-corrected chi connectivity index (χ3v) is 4.85. The fourth-order valence-corrected chi connectivity index (χ4v) is 3.12. The van der Waals surface area contributed by atoms with Crippen LogP contribution in [0.25, 0.3) is 0 Å². The van der Waals surface area contributed by atoms with E-state index in [0.717, 1.165) is 19.4 Å². The Balaban J connectivity index is 2.20. The summed E-state index contributed by atoms with van der Waals surface area (Å²) in [6.07, 6.45) is 2.38. The number of hydrogen-bond acceptors (Lipinski definition) is 4. The van der Waals surface area contributed by atoms with Crippen molar-refractivity contribution in [2.75, 3.05) is 18.1 Å². The van der Waals surface area contributed by atoms with Crippen molar-refractivity contribution in [3.05, 3.63) is 0 Å². The van der Waals surface area contributed by atoms with Gasteiger partial charge in [0.15, 0.2) is 9.84 Å². The van der Waals surface area contributed by atoms with E-state index in [4.69, 9.17) is 4.74 Å².